The van der Waals surface area contributed by atoms with Crippen LogP contribution in [0.5, 0.6) is 5.75 Å². The number of para-hydroxylation sites is 1. The lowest BCUT2D eigenvalue weighted by molar-refractivity contribution is 0.414. The van der Waals surface area contributed by atoms with Gasteiger partial charge in [0.2, 0.25) is 0 Å². The number of methoxy groups -OCH3 is 1. The fourth-order valence-electron chi connectivity index (χ4n) is 4.37. The summed E-state index contributed by atoms with van der Waals surface area (Å²) in [6.07, 6.45) is 0. The van der Waals surface area contributed by atoms with E-state index in [9.17, 15) is 8.42 Å². The van der Waals surface area contributed by atoms with Crippen molar-refractivity contribution >= 4 is 39.4 Å². The van der Waals surface area contributed by atoms with Gasteiger partial charge >= 0.3 is 0 Å². The number of thiol groups is 1. The smallest absolute Gasteiger partial charge is 0.144 e. The number of anilines is 3. The average Bonchev–Trinajstić information content (AvgIpc) is 2.84. The molecule has 0 bridgehead atoms. The van der Waals surface area contributed by atoms with Gasteiger partial charge in [0, 0.05) is 54.2 Å². The maximum atomic E-state index is 11.8. The Morgan fingerprint density at radius 1 is 1.09 bits per heavy atom. The molecule has 0 saturated carbocycles. The van der Waals surface area contributed by atoms with Gasteiger partial charge < -0.3 is 20.3 Å². The minimum Gasteiger partial charge on any atom is -0.497 e. The van der Waals surface area contributed by atoms with Crippen LogP contribution in [-0.2, 0) is 16.5 Å². The third-order valence-corrected chi connectivity index (χ3v) is 6.98. The monoisotopic (exact) mass is 499 g/mol. The highest BCUT2D eigenvalue weighted by molar-refractivity contribution is 7.71. The molecule has 8 heteroatoms. The predicted octanol–water partition coefficient (Wildman–Crippen LogP) is 4.77. The Hall–Kier alpha value is -2.74. The minimum absolute atomic E-state index is 0.0217. The first-order chi connectivity index (χ1) is 16.4. The van der Waals surface area contributed by atoms with Gasteiger partial charge in [-0.15, -0.1) is 0 Å². The molecule has 6 nitrogen and oxygen atoms in total. The molecule has 1 saturated heterocycles. The first kappa shape index (κ1) is 24.4. The summed E-state index contributed by atoms with van der Waals surface area (Å²) in [7, 11) is -0.971. The molecular formula is C26H30ClN3O3S. The van der Waals surface area contributed by atoms with Crippen molar-refractivity contribution in [3.8, 4) is 5.75 Å². The zero-order valence-electron chi connectivity index (χ0n) is 19.4. The number of benzene rings is 3. The second kappa shape index (κ2) is 11.1. The molecule has 0 aromatic heterocycles. The van der Waals surface area contributed by atoms with Crippen molar-refractivity contribution < 1.29 is 13.2 Å². The van der Waals surface area contributed by atoms with E-state index in [1.165, 1.54) is 0 Å². The summed E-state index contributed by atoms with van der Waals surface area (Å²) in [5, 5.41) is 7.45. The van der Waals surface area contributed by atoms with Crippen LogP contribution < -0.4 is 20.3 Å². The van der Waals surface area contributed by atoms with E-state index in [4.69, 9.17) is 16.3 Å². The largest absolute Gasteiger partial charge is 0.497 e. The van der Waals surface area contributed by atoms with Gasteiger partial charge in [-0.2, -0.15) is 0 Å². The Morgan fingerprint density at radius 3 is 2.50 bits per heavy atom. The van der Waals surface area contributed by atoms with Crippen LogP contribution in [0.2, 0.25) is 5.02 Å². The molecule has 0 aliphatic carbocycles. The molecule has 1 unspecified atom stereocenters. The lowest BCUT2D eigenvalue weighted by Gasteiger charge is -2.33. The van der Waals surface area contributed by atoms with E-state index in [1.807, 2.05) is 48.5 Å². The minimum atomic E-state index is -2.60. The van der Waals surface area contributed by atoms with Crippen molar-refractivity contribution in [3.05, 3.63) is 82.4 Å². The molecular weight excluding hydrogens is 470 g/mol. The Labute approximate surface area is 207 Å². The summed E-state index contributed by atoms with van der Waals surface area (Å²) in [5.74, 6) is 0.639. The van der Waals surface area contributed by atoms with Crippen molar-refractivity contribution in [3.63, 3.8) is 0 Å². The Morgan fingerprint density at radius 2 is 1.82 bits per heavy atom. The number of piperazine rings is 1. The van der Waals surface area contributed by atoms with E-state index in [0.29, 0.717) is 10.8 Å². The lowest BCUT2D eigenvalue weighted by Crippen LogP contribution is -2.44. The van der Waals surface area contributed by atoms with E-state index in [0.717, 1.165) is 59.9 Å². The van der Waals surface area contributed by atoms with E-state index in [-0.39, 0.29) is 11.7 Å². The van der Waals surface area contributed by atoms with Gasteiger partial charge in [0.25, 0.3) is 0 Å². The van der Waals surface area contributed by atoms with Crippen LogP contribution in [-0.4, -0.2) is 41.7 Å². The Kier molecular flexibility index (Phi) is 7.98. The highest BCUT2D eigenvalue weighted by atomic mass is 35.5. The molecule has 0 amide bonds. The summed E-state index contributed by atoms with van der Waals surface area (Å²) < 4.78 is 29.0. The van der Waals surface area contributed by atoms with Crippen molar-refractivity contribution in [2.75, 3.05) is 43.5 Å². The van der Waals surface area contributed by atoms with Crippen molar-refractivity contribution in [2.24, 2.45) is 0 Å². The summed E-state index contributed by atoms with van der Waals surface area (Å²) >= 11 is 6.38. The number of nitrogens with one attached hydrogen (secondary N) is 2. The molecule has 1 fully saturated rings. The van der Waals surface area contributed by atoms with Crippen LogP contribution >= 0.6 is 11.6 Å². The predicted molar refractivity (Wildman–Crippen MR) is 141 cm³/mol. The molecule has 3 aromatic carbocycles. The topological polar surface area (TPSA) is 70.7 Å². The van der Waals surface area contributed by atoms with Gasteiger partial charge in [0.1, 0.15) is 16.5 Å². The SMILES string of the molecule is COc1cc(Cl)cc(C(C)c2cc(C[SH](=O)=O)c(Nc3ccccc3)cc2N2CCNCC2)c1. The Balaban J connectivity index is 1.85. The standard InChI is InChI=1S/C26H30ClN3O3S/c1-18(19-12-21(27)15-23(13-19)33-2)24-14-20(17-34(31)32)25(29-22-6-4-3-5-7-22)16-26(24)30-10-8-28-9-11-30/h3-7,12-16,18,28-29,34H,8-11,17H2,1-2H3. The third-order valence-electron chi connectivity index (χ3n) is 6.16. The fourth-order valence-corrected chi connectivity index (χ4v) is 5.15. The molecule has 0 spiro atoms. The van der Waals surface area contributed by atoms with Gasteiger partial charge in [-0.3, -0.25) is 0 Å². The van der Waals surface area contributed by atoms with Crippen LogP contribution in [0.4, 0.5) is 17.1 Å². The summed E-state index contributed by atoms with van der Waals surface area (Å²) in [6.45, 7) is 5.66. The molecule has 1 atom stereocenters. The second-order valence-electron chi connectivity index (χ2n) is 8.43. The van der Waals surface area contributed by atoms with Crippen LogP contribution in [0.15, 0.2) is 60.7 Å². The second-order valence-corrected chi connectivity index (χ2v) is 9.85. The lowest BCUT2D eigenvalue weighted by atomic mass is 9.89. The van der Waals surface area contributed by atoms with Crippen molar-refractivity contribution in [1.29, 1.82) is 0 Å². The fraction of sp³-hybridized carbons (Fsp3) is 0.308. The van der Waals surface area contributed by atoms with E-state index in [1.54, 1.807) is 13.2 Å². The van der Waals surface area contributed by atoms with Crippen LogP contribution in [0.25, 0.3) is 0 Å². The molecule has 0 radical (unpaired) electrons. The van der Waals surface area contributed by atoms with Crippen LogP contribution in [0, 0.1) is 0 Å². The van der Waals surface area contributed by atoms with E-state index >= 15 is 0 Å². The number of hydrogen-bond donors (Lipinski definition) is 3. The molecule has 3 aromatic rings. The molecule has 2 N–H and O–H groups in total. The van der Waals surface area contributed by atoms with Gasteiger partial charge in [0.05, 0.1) is 12.9 Å². The first-order valence-electron chi connectivity index (χ1n) is 11.4. The summed E-state index contributed by atoms with van der Waals surface area (Å²) in [4.78, 5) is 2.36. The van der Waals surface area contributed by atoms with E-state index < -0.39 is 10.7 Å². The summed E-state index contributed by atoms with van der Waals surface area (Å²) in [5.41, 5.74) is 5.64. The molecule has 1 aliphatic heterocycles. The van der Waals surface area contributed by atoms with Crippen LogP contribution in [0.3, 0.4) is 0 Å². The summed E-state index contributed by atoms with van der Waals surface area (Å²) in [6, 6.07) is 19.7. The van der Waals surface area contributed by atoms with Gasteiger partial charge in [-0.05, 0) is 53.1 Å². The number of halogens is 1. The number of ether oxygens (including phenoxy) is 1. The first-order valence-corrected chi connectivity index (χ1v) is 13.1. The molecule has 34 heavy (non-hydrogen) atoms. The zero-order chi connectivity index (χ0) is 24.1. The molecule has 180 valence electrons. The zero-order valence-corrected chi connectivity index (χ0v) is 21.0. The number of hydrogen-bond acceptors (Lipinski definition) is 6. The highest BCUT2D eigenvalue weighted by Crippen LogP contribution is 2.39. The highest BCUT2D eigenvalue weighted by Gasteiger charge is 2.22. The van der Waals surface area contributed by atoms with Crippen molar-refractivity contribution in [1.82, 2.24) is 5.32 Å². The number of rotatable bonds is 8. The van der Waals surface area contributed by atoms with E-state index in [2.05, 4.69) is 28.5 Å². The molecule has 1 aliphatic rings. The maximum Gasteiger partial charge on any atom is 0.144 e. The maximum absolute atomic E-state index is 11.8. The normalized spacial score (nSPS) is 14.8. The molecule has 4 rings (SSSR count). The van der Waals surface area contributed by atoms with Crippen LogP contribution in [0.1, 0.15) is 29.5 Å². The van der Waals surface area contributed by atoms with Gasteiger partial charge in [-0.1, -0.05) is 42.8 Å². The van der Waals surface area contributed by atoms with Crippen molar-refractivity contribution in [2.45, 2.75) is 18.6 Å². The third kappa shape index (κ3) is 5.84. The molecule has 1 heterocycles. The quantitative estimate of drug-likeness (QED) is 0.388. The van der Waals surface area contributed by atoms with Gasteiger partial charge in [-0.25, -0.2) is 8.42 Å². The number of nitrogens with zero attached hydrogens (tertiary/aromatic N) is 1. The van der Waals surface area contributed by atoms with Gasteiger partial charge in [0.15, 0.2) is 0 Å². The Bertz CT molecular complexity index is 1200. The average molecular weight is 500 g/mol.